The third kappa shape index (κ3) is 5.37. The van der Waals surface area contributed by atoms with Crippen LogP contribution in [0.1, 0.15) is 57.2 Å². The molecule has 5 nitrogen and oxygen atoms in total. The molecular formula is C25H38F2N2O3. The van der Waals surface area contributed by atoms with Crippen molar-refractivity contribution < 1.29 is 23.4 Å². The second-order valence-corrected chi connectivity index (χ2v) is 11.0. The molecule has 7 heteroatoms. The normalized spacial score (nSPS) is 28.3. The molecule has 2 saturated heterocycles. The lowest BCUT2D eigenvalue weighted by atomic mass is 9.75. The Morgan fingerprint density at radius 1 is 1.19 bits per heavy atom. The van der Waals surface area contributed by atoms with E-state index in [1.165, 1.54) is 11.1 Å². The van der Waals surface area contributed by atoms with E-state index in [9.17, 15) is 13.9 Å². The Morgan fingerprint density at radius 3 is 2.62 bits per heavy atom. The number of nitrogens with zero attached hydrogens (tertiary/aromatic N) is 2. The lowest BCUT2D eigenvalue weighted by molar-refractivity contribution is -0.0259. The third-order valence-electron chi connectivity index (χ3n) is 7.16. The van der Waals surface area contributed by atoms with Gasteiger partial charge in [-0.15, -0.1) is 0 Å². The van der Waals surface area contributed by atoms with Crippen LogP contribution in [0.4, 0.5) is 8.78 Å². The van der Waals surface area contributed by atoms with Crippen LogP contribution in [0.15, 0.2) is 12.1 Å². The fourth-order valence-electron chi connectivity index (χ4n) is 5.64. The molecule has 0 radical (unpaired) electrons. The van der Waals surface area contributed by atoms with Gasteiger partial charge in [0, 0.05) is 38.6 Å². The highest BCUT2D eigenvalue weighted by molar-refractivity contribution is 5.49. The summed E-state index contributed by atoms with van der Waals surface area (Å²) in [5, 5.41) is 10.9. The van der Waals surface area contributed by atoms with Gasteiger partial charge in [-0.25, -0.2) is 8.78 Å². The van der Waals surface area contributed by atoms with Crippen molar-refractivity contribution in [3.05, 3.63) is 23.3 Å². The summed E-state index contributed by atoms with van der Waals surface area (Å²) in [6.07, 6.45) is 2.31. The summed E-state index contributed by atoms with van der Waals surface area (Å²) in [7, 11) is 1.63. The predicted octanol–water partition coefficient (Wildman–Crippen LogP) is 4.13. The molecule has 1 aromatic rings. The minimum absolute atomic E-state index is 0.0739. The molecule has 180 valence electrons. The van der Waals surface area contributed by atoms with Crippen LogP contribution in [0.5, 0.6) is 11.5 Å². The maximum atomic E-state index is 13.4. The zero-order valence-corrected chi connectivity index (χ0v) is 19.9. The van der Waals surface area contributed by atoms with E-state index < -0.39 is 5.92 Å². The molecule has 0 spiro atoms. The van der Waals surface area contributed by atoms with Crippen molar-refractivity contribution in [3.63, 3.8) is 0 Å². The lowest BCUT2D eigenvalue weighted by Crippen LogP contribution is -2.48. The summed E-state index contributed by atoms with van der Waals surface area (Å²) in [6, 6.07) is 4.31. The number of ether oxygens (including phenoxy) is 2. The fourth-order valence-corrected chi connectivity index (χ4v) is 5.64. The molecule has 0 amide bonds. The average molecular weight is 453 g/mol. The molecule has 2 fully saturated rings. The summed E-state index contributed by atoms with van der Waals surface area (Å²) in [6.45, 7) is 9.66. The van der Waals surface area contributed by atoms with Gasteiger partial charge in [0.25, 0.3) is 5.92 Å². The van der Waals surface area contributed by atoms with Crippen molar-refractivity contribution in [3.8, 4) is 11.5 Å². The summed E-state index contributed by atoms with van der Waals surface area (Å²) >= 11 is 0. The number of rotatable bonds is 6. The number of aliphatic hydroxyl groups is 1. The van der Waals surface area contributed by atoms with Gasteiger partial charge in [-0.1, -0.05) is 20.8 Å². The lowest BCUT2D eigenvalue weighted by Gasteiger charge is -2.47. The van der Waals surface area contributed by atoms with Crippen LogP contribution in [-0.2, 0) is 6.42 Å². The van der Waals surface area contributed by atoms with Gasteiger partial charge in [0.2, 0.25) is 0 Å². The Balaban J connectivity index is 1.43. The second-order valence-electron chi connectivity index (χ2n) is 11.0. The molecule has 0 aromatic heterocycles. The summed E-state index contributed by atoms with van der Waals surface area (Å²) < 4.78 is 38.4. The number of likely N-dealkylation sites (tertiary alicyclic amines) is 1. The molecule has 0 aliphatic carbocycles. The average Bonchev–Trinajstić information content (AvgIpc) is 3.05. The number of benzene rings is 1. The molecule has 0 bridgehead atoms. The minimum atomic E-state index is -2.58. The van der Waals surface area contributed by atoms with Crippen LogP contribution in [0.2, 0.25) is 0 Å². The Morgan fingerprint density at radius 2 is 1.97 bits per heavy atom. The van der Waals surface area contributed by atoms with E-state index in [2.05, 4.69) is 37.8 Å². The molecule has 3 unspecified atom stereocenters. The Kier molecular flexibility index (Phi) is 6.72. The highest BCUT2D eigenvalue weighted by atomic mass is 19.3. The SMILES string of the molecule is COc1cc2c(cc1OCCN1CCC(F)(F)C1)CCN1CC(CC(C)(C)C)C(O)CC21. The Bertz CT molecular complexity index is 811. The number of hydrogen-bond acceptors (Lipinski definition) is 5. The number of piperidine rings is 1. The summed E-state index contributed by atoms with van der Waals surface area (Å²) in [5.41, 5.74) is 2.65. The van der Waals surface area contributed by atoms with Gasteiger partial charge in [0.1, 0.15) is 6.61 Å². The van der Waals surface area contributed by atoms with Crippen molar-refractivity contribution in [1.29, 1.82) is 0 Å². The molecule has 3 aliphatic rings. The summed E-state index contributed by atoms with van der Waals surface area (Å²) in [4.78, 5) is 4.26. The molecular weight excluding hydrogens is 414 g/mol. The van der Waals surface area contributed by atoms with Gasteiger partial charge >= 0.3 is 0 Å². The van der Waals surface area contributed by atoms with Crippen molar-refractivity contribution >= 4 is 0 Å². The number of aliphatic hydroxyl groups excluding tert-OH is 1. The van der Waals surface area contributed by atoms with E-state index in [4.69, 9.17) is 9.47 Å². The molecule has 3 atom stereocenters. The molecule has 3 aliphatic heterocycles. The first-order chi connectivity index (χ1) is 15.0. The first-order valence-corrected chi connectivity index (χ1v) is 11.9. The fraction of sp³-hybridized carbons (Fsp3) is 0.760. The van der Waals surface area contributed by atoms with Crippen molar-refractivity contribution in [2.24, 2.45) is 11.3 Å². The molecule has 1 aromatic carbocycles. The van der Waals surface area contributed by atoms with Crippen LogP contribution in [0, 0.1) is 11.3 Å². The monoisotopic (exact) mass is 452 g/mol. The zero-order chi connectivity index (χ0) is 23.1. The van der Waals surface area contributed by atoms with E-state index in [0.717, 1.165) is 32.4 Å². The van der Waals surface area contributed by atoms with E-state index in [-0.39, 0.29) is 30.5 Å². The van der Waals surface area contributed by atoms with Crippen LogP contribution in [0.3, 0.4) is 0 Å². The van der Waals surface area contributed by atoms with Gasteiger partial charge in [0.15, 0.2) is 11.5 Å². The maximum Gasteiger partial charge on any atom is 0.261 e. The molecule has 0 saturated carbocycles. The maximum absolute atomic E-state index is 13.4. The van der Waals surface area contributed by atoms with Crippen molar-refractivity contribution in [1.82, 2.24) is 9.80 Å². The number of alkyl halides is 2. The van der Waals surface area contributed by atoms with Gasteiger partial charge in [-0.2, -0.15) is 0 Å². The number of fused-ring (bicyclic) bond motifs is 3. The second kappa shape index (κ2) is 9.07. The number of methoxy groups -OCH3 is 1. The van der Waals surface area contributed by atoms with E-state index in [1.807, 2.05) is 0 Å². The number of halogens is 2. The van der Waals surface area contributed by atoms with Crippen molar-refractivity contribution in [2.75, 3.05) is 46.4 Å². The van der Waals surface area contributed by atoms with Crippen LogP contribution < -0.4 is 9.47 Å². The van der Waals surface area contributed by atoms with E-state index in [0.29, 0.717) is 37.1 Å². The standard InChI is InChI=1S/C25H38F2N2O3/c1-24(2,3)14-18-15-29-7-5-17-11-23(32-10-9-28-8-6-25(26,27)16-28)22(31-4)12-19(17)20(29)13-21(18)30/h11-12,18,20-21,30H,5-10,13-16H2,1-4H3. The van der Waals surface area contributed by atoms with Gasteiger partial charge < -0.3 is 14.6 Å². The first-order valence-electron chi connectivity index (χ1n) is 11.9. The minimum Gasteiger partial charge on any atom is -0.493 e. The summed E-state index contributed by atoms with van der Waals surface area (Å²) in [5.74, 6) is -0.933. The largest absolute Gasteiger partial charge is 0.493 e. The zero-order valence-electron chi connectivity index (χ0n) is 19.9. The first kappa shape index (κ1) is 23.7. The highest BCUT2D eigenvalue weighted by Gasteiger charge is 2.40. The number of hydrogen-bond donors (Lipinski definition) is 1. The molecule has 4 rings (SSSR count). The Labute approximate surface area is 190 Å². The van der Waals surface area contributed by atoms with Crippen LogP contribution in [-0.4, -0.2) is 73.4 Å². The quantitative estimate of drug-likeness (QED) is 0.703. The Hall–Kier alpha value is -1.44. The van der Waals surface area contributed by atoms with Gasteiger partial charge in [-0.3, -0.25) is 9.80 Å². The molecule has 3 heterocycles. The predicted molar refractivity (Wildman–Crippen MR) is 121 cm³/mol. The smallest absolute Gasteiger partial charge is 0.261 e. The van der Waals surface area contributed by atoms with E-state index >= 15 is 0 Å². The highest BCUT2D eigenvalue weighted by Crippen LogP contribution is 2.44. The topological polar surface area (TPSA) is 45.2 Å². The molecule has 1 N–H and O–H groups in total. The van der Waals surface area contributed by atoms with Crippen LogP contribution in [0.25, 0.3) is 0 Å². The third-order valence-corrected chi connectivity index (χ3v) is 7.16. The molecule has 32 heavy (non-hydrogen) atoms. The van der Waals surface area contributed by atoms with E-state index in [1.54, 1.807) is 12.0 Å². The van der Waals surface area contributed by atoms with Gasteiger partial charge in [0.05, 0.1) is 19.8 Å². The van der Waals surface area contributed by atoms with Crippen LogP contribution >= 0.6 is 0 Å². The van der Waals surface area contributed by atoms with Crippen molar-refractivity contribution in [2.45, 2.75) is 64.5 Å². The van der Waals surface area contributed by atoms with Gasteiger partial charge in [-0.05, 0) is 53.9 Å².